The minimum absolute atomic E-state index is 0.105. The number of urea groups is 1. The quantitative estimate of drug-likeness (QED) is 0.362. The summed E-state index contributed by atoms with van der Waals surface area (Å²) in [6.45, 7) is 13.6. The fraction of sp³-hybridized carbons (Fsp3) is 0.548. The Kier molecular flexibility index (Phi) is 8.93. The van der Waals surface area contributed by atoms with E-state index < -0.39 is 11.6 Å². The second-order valence-electron chi connectivity index (χ2n) is 11.7. The SMILES string of the molecule is CCc1cc(CCCC2CN(Cc3ccc(C(C)(C)C)cc3)C(=O)N2C)ccc1OC(C)(C)C(=O)OC. The Labute approximate surface area is 222 Å². The first kappa shape index (κ1) is 28.5. The summed E-state index contributed by atoms with van der Waals surface area (Å²) in [4.78, 5) is 28.8. The van der Waals surface area contributed by atoms with Gasteiger partial charge in [-0.15, -0.1) is 0 Å². The summed E-state index contributed by atoms with van der Waals surface area (Å²) in [7, 11) is 3.29. The van der Waals surface area contributed by atoms with Gasteiger partial charge in [0, 0.05) is 20.1 Å². The van der Waals surface area contributed by atoms with Gasteiger partial charge in [-0.25, -0.2) is 9.59 Å². The summed E-state index contributed by atoms with van der Waals surface area (Å²) in [5, 5.41) is 0. The molecule has 1 fully saturated rings. The molecule has 6 nitrogen and oxygen atoms in total. The van der Waals surface area contributed by atoms with Crippen molar-refractivity contribution in [3.05, 3.63) is 64.7 Å². The Morgan fingerprint density at radius 3 is 2.27 bits per heavy atom. The molecule has 2 aromatic carbocycles. The lowest BCUT2D eigenvalue weighted by Crippen LogP contribution is -2.39. The number of rotatable bonds is 10. The Morgan fingerprint density at radius 1 is 1.03 bits per heavy atom. The molecular formula is C31H44N2O4. The van der Waals surface area contributed by atoms with Crippen molar-refractivity contribution in [3.8, 4) is 5.75 Å². The van der Waals surface area contributed by atoms with Gasteiger partial charge >= 0.3 is 12.0 Å². The molecular weight excluding hydrogens is 464 g/mol. The summed E-state index contributed by atoms with van der Waals surface area (Å²) in [6.07, 6.45) is 3.69. The second kappa shape index (κ2) is 11.6. The molecule has 1 atom stereocenters. The summed E-state index contributed by atoms with van der Waals surface area (Å²) in [6, 6.07) is 15.2. The highest BCUT2D eigenvalue weighted by molar-refractivity contribution is 5.79. The molecule has 1 aliphatic heterocycles. The average Bonchev–Trinajstić information content (AvgIpc) is 3.11. The highest BCUT2D eigenvalue weighted by Gasteiger charge is 2.34. The number of likely N-dealkylation sites (N-methyl/N-ethyl adjacent to an activating group) is 1. The monoisotopic (exact) mass is 508 g/mol. The van der Waals surface area contributed by atoms with Crippen LogP contribution in [0.15, 0.2) is 42.5 Å². The largest absolute Gasteiger partial charge is 0.476 e. The lowest BCUT2D eigenvalue weighted by Gasteiger charge is -2.25. The van der Waals surface area contributed by atoms with E-state index in [2.05, 4.69) is 64.1 Å². The van der Waals surface area contributed by atoms with E-state index in [1.54, 1.807) is 13.8 Å². The second-order valence-corrected chi connectivity index (χ2v) is 11.7. The molecule has 0 aromatic heterocycles. The average molecular weight is 509 g/mol. The molecule has 1 saturated heterocycles. The van der Waals surface area contributed by atoms with E-state index in [0.29, 0.717) is 12.3 Å². The van der Waals surface area contributed by atoms with Crippen LogP contribution in [0.3, 0.4) is 0 Å². The minimum Gasteiger partial charge on any atom is -0.476 e. The predicted molar refractivity (Wildman–Crippen MR) is 148 cm³/mol. The van der Waals surface area contributed by atoms with Gasteiger partial charge in [-0.05, 0) is 73.3 Å². The molecule has 0 spiro atoms. The van der Waals surface area contributed by atoms with Crippen LogP contribution in [-0.2, 0) is 34.3 Å². The maximum absolute atomic E-state index is 12.9. The molecule has 1 heterocycles. The van der Waals surface area contributed by atoms with Gasteiger partial charge in [0.2, 0.25) is 0 Å². The summed E-state index contributed by atoms with van der Waals surface area (Å²) < 4.78 is 10.9. The number of hydrogen-bond acceptors (Lipinski definition) is 4. The van der Waals surface area contributed by atoms with Gasteiger partial charge in [0.1, 0.15) is 5.75 Å². The van der Waals surface area contributed by atoms with Crippen LogP contribution in [0.2, 0.25) is 0 Å². The third-order valence-electron chi connectivity index (χ3n) is 7.30. The smallest absolute Gasteiger partial charge is 0.349 e. The summed E-state index contributed by atoms with van der Waals surface area (Å²) in [5.74, 6) is 0.318. The Balaban J connectivity index is 1.55. The Hall–Kier alpha value is -3.02. The molecule has 3 rings (SSSR count). The first-order chi connectivity index (χ1) is 17.4. The van der Waals surface area contributed by atoms with Gasteiger partial charge in [0.05, 0.1) is 13.2 Å². The third-order valence-corrected chi connectivity index (χ3v) is 7.30. The van der Waals surface area contributed by atoms with Crippen molar-refractivity contribution in [2.45, 2.75) is 90.8 Å². The van der Waals surface area contributed by atoms with Crippen LogP contribution in [0.25, 0.3) is 0 Å². The Bertz CT molecular complexity index is 1090. The van der Waals surface area contributed by atoms with E-state index in [1.165, 1.54) is 23.8 Å². The number of esters is 1. The molecule has 0 aliphatic carbocycles. The highest BCUT2D eigenvalue weighted by Crippen LogP contribution is 2.28. The van der Waals surface area contributed by atoms with Crippen molar-refractivity contribution in [1.82, 2.24) is 9.80 Å². The molecule has 2 amide bonds. The zero-order chi connectivity index (χ0) is 27.4. The van der Waals surface area contributed by atoms with Crippen molar-refractivity contribution in [2.24, 2.45) is 0 Å². The van der Waals surface area contributed by atoms with Crippen LogP contribution >= 0.6 is 0 Å². The first-order valence-corrected chi connectivity index (χ1v) is 13.4. The number of carbonyl (C=O) groups is 2. The number of carbonyl (C=O) groups excluding carboxylic acids is 2. The van der Waals surface area contributed by atoms with Gasteiger partial charge in [-0.3, -0.25) is 0 Å². The predicted octanol–water partition coefficient (Wildman–Crippen LogP) is 6.14. The molecule has 202 valence electrons. The standard InChI is InChI=1S/C31H44N2O4/c1-9-24-19-22(15-18-27(24)37-31(5,6)28(34)36-8)11-10-12-26-21-33(29(35)32(26)7)20-23-13-16-25(17-14-23)30(2,3)4/h13-19,26H,9-12,20-21H2,1-8H3. The Morgan fingerprint density at radius 2 is 1.68 bits per heavy atom. The topological polar surface area (TPSA) is 59.1 Å². The lowest BCUT2D eigenvalue weighted by molar-refractivity contribution is -0.156. The van der Waals surface area contributed by atoms with E-state index in [9.17, 15) is 9.59 Å². The van der Waals surface area contributed by atoms with E-state index in [1.807, 2.05) is 22.9 Å². The summed E-state index contributed by atoms with van der Waals surface area (Å²) >= 11 is 0. The lowest BCUT2D eigenvalue weighted by atomic mass is 9.87. The van der Waals surface area contributed by atoms with Crippen molar-refractivity contribution >= 4 is 12.0 Å². The number of methoxy groups -OCH3 is 1. The minimum atomic E-state index is -1.04. The number of hydrogen-bond donors (Lipinski definition) is 0. The zero-order valence-electron chi connectivity index (χ0n) is 23.9. The molecule has 1 aliphatic rings. The van der Waals surface area contributed by atoms with Gasteiger partial charge in [0.25, 0.3) is 0 Å². The van der Waals surface area contributed by atoms with Crippen LogP contribution in [0.1, 0.15) is 76.6 Å². The van der Waals surface area contributed by atoms with Crippen molar-refractivity contribution in [1.29, 1.82) is 0 Å². The molecule has 37 heavy (non-hydrogen) atoms. The number of nitrogens with zero attached hydrogens (tertiary/aromatic N) is 2. The van der Waals surface area contributed by atoms with Gasteiger partial charge in [0.15, 0.2) is 5.60 Å². The van der Waals surface area contributed by atoms with Crippen LogP contribution < -0.4 is 4.74 Å². The zero-order valence-corrected chi connectivity index (χ0v) is 23.9. The van der Waals surface area contributed by atoms with Gasteiger partial charge in [-0.1, -0.05) is 64.1 Å². The van der Waals surface area contributed by atoms with Crippen molar-refractivity contribution < 1.29 is 19.1 Å². The molecule has 2 aromatic rings. The maximum Gasteiger partial charge on any atom is 0.349 e. The van der Waals surface area contributed by atoms with E-state index in [0.717, 1.165) is 37.8 Å². The molecule has 0 radical (unpaired) electrons. The maximum atomic E-state index is 12.9. The number of benzene rings is 2. The number of ether oxygens (including phenoxy) is 2. The van der Waals surface area contributed by atoms with E-state index in [-0.39, 0.29) is 17.5 Å². The normalized spacial score (nSPS) is 16.3. The van der Waals surface area contributed by atoms with Crippen LogP contribution in [0.4, 0.5) is 4.79 Å². The summed E-state index contributed by atoms with van der Waals surface area (Å²) in [5.41, 5.74) is 3.87. The van der Waals surface area contributed by atoms with Crippen LogP contribution in [-0.4, -0.2) is 54.1 Å². The van der Waals surface area contributed by atoms with Gasteiger partial charge in [-0.2, -0.15) is 0 Å². The van der Waals surface area contributed by atoms with Gasteiger partial charge < -0.3 is 19.3 Å². The molecule has 0 saturated carbocycles. The fourth-order valence-corrected chi connectivity index (χ4v) is 4.85. The highest BCUT2D eigenvalue weighted by atomic mass is 16.6. The number of aryl methyl sites for hydroxylation is 2. The molecule has 1 unspecified atom stereocenters. The van der Waals surface area contributed by atoms with Crippen LogP contribution in [0.5, 0.6) is 5.75 Å². The molecule has 6 heteroatoms. The fourth-order valence-electron chi connectivity index (χ4n) is 4.85. The van der Waals surface area contributed by atoms with Crippen molar-refractivity contribution in [2.75, 3.05) is 20.7 Å². The molecule has 0 N–H and O–H groups in total. The number of amides is 2. The van der Waals surface area contributed by atoms with Crippen LogP contribution in [0, 0.1) is 0 Å². The first-order valence-electron chi connectivity index (χ1n) is 13.4. The molecule has 0 bridgehead atoms. The van der Waals surface area contributed by atoms with E-state index >= 15 is 0 Å². The van der Waals surface area contributed by atoms with Crippen molar-refractivity contribution in [3.63, 3.8) is 0 Å². The van der Waals surface area contributed by atoms with E-state index in [4.69, 9.17) is 9.47 Å². The third kappa shape index (κ3) is 7.06.